The zero-order valence-corrected chi connectivity index (χ0v) is 21.9. The van der Waals surface area contributed by atoms with E-state index in [2.05, 4.69) is 6.58 Å². The molecule has 37 heavy (non-hydrogen) atoms. The monoisotopic (exact) mass is 522 g/mol. The van der Waals surface area contributed by atoms with Gasteiger partial charge in [0.05, 0.1) is 32.2 Å². The molecule has 0 N–H and O–H groups in total. The molecule has 0 saturated carbocycles. The molecule has 6 nitrogen and oxygen atoms in total. The van der Waals surface area contributed by atoms with E-state index in [0.29, 0.717) is 18.8 Å². The number of hydrogen-bond donors (Lipinski definition) is 0. The van der Waals surface area contributed by atoms with E-state index in [9.17, 15) is 8.42 Å². The van der Waals surface area contributed by atoms with Gasteiger partial charge in [0.25, 0.3) is 0 Å². The van der Waals surface area contributed by atoms with E-state index in [1.54, 1.807) is 6.92 Å². The lowest BCUT2D eigenvalue weighted by Crippen LogP contribution is -2.41. The highest BCUT2D eigenvalue weighted by atomic mass is 32.2. The van der Waals surface area contributed by atoms with Gasteiger partial charge in [-0.05, 0) is 23.6 Å². The molecule has 0 bridgehead atoms. The summed E-state index contributed by atoms with van der Waals surface area (Å²) < 4.78 is 51.4. The van der Waals surface area contributed by atoms with Crippen molar-refractivity contribution in [2.24, 2.45) is 0 Å². The Morgan fingerprint density at radius 1 is 0.757 bits per heavy atom. The molecule has 0 spiro atoms. The second kappa shape index (κ2) is 13.1. The normalized spacial score (nSPS) is 21.6. The first-order valence-corrected chi connectivity index (χ1v) is 14.1. The molecule has 1 heterocycles. The predicted octanol–water partition coefficient (Wildman–Crippen LogP) is 5.09. The average molecular weight is 523 g/mol. The van der Waals surface area contributed by atoms with Crippen molar-refractivity contribution in [1.82, 2.24) is 0 Å². The molecule has 0 unspecified atom stereocenters. The summed E-state index contributed by atoms with van der Waals surface area (Å²) in [5.74, 6) is -0.189. The van der Waals surface area contributed by atoms with Gasteiger partial charge in [-0.1, -0.05) is 103 Å². The van der Waals surface area contributed by atoms with Crippen molar-refractivity contribution in [3.05, 3.63) is 120 Å². The Labute approximate surface area is 219 Å². The van der Waals surface area contributed by atoms with Crippen LogP contribution in [0.1, 0.15) is 23.6 Å². The van der Waals surface area contributed by atoms with Gasteiger partial charge in [-0.25, -0.2) is 8.42 Å². The Morgan fingerprint density at radius 3 is 1.70 bits per heavy atom. The van der Waals surface area contributed by atoms with Crippen LogP contribution >= 0.6 is 0 Å². The van der Waals surface area contributed by atoms with Crippen LogP contribution < -0.4 is 0 Å². The van der Waals surface area contributed by atoms with E-state index < -0.39 is 33.6 Å². The topological polar surface area (TPSA) is 71.1 Å². The summed E-state index contributed by atoms with van der Waals surface area (Å²) in [6.45, 7) is 6.56. The number of sulfone groups is 1. The minimum absolute atomic E-state index is 0.165. The molecule has 196 valence electrons. The van der Waals surface area contributed by atoms with Crippen molar-refractivity contribution < 1.29 is 27.4 Å². The highest BCUT2D eigenvalue weighted by Crippen LogP contribution is 2.33. The maximum Gasteiger partial charge on any atom is 0.188 e. The molecule has 1 fully saturated rings. The minimum atomic E-state index is -3.72. The summed E-state index contributed by atoms with van der Waals surface area (Å²) in [6, 6.07) is 29.2. The van der Waals surface area contributed by atoms with Gasteiger partial charge in [-0.3, -0.25) is 0 Å². The lowest BCUT2D eigenvalue weighted by Gasteiger charge is -2.25. The molecule has 4 rings (SSSR count). The van der Waals surface area contributed by atoms with Crippen molar-refractivity contribution in [1.29, 1.82) is 0 Å². The molecule has 0 amide bonds. The van der Waals surface area contributed by atoms with Crippen LogP contribution in [0.15, 0.2) is 103 Å². The third-order valence-corrected chi connectivity index (χ3v) is 8.02. The molecule has 1 aliphatic rings. The maximum atomic E-state index is 13.4. The summed E-state index contributed by atoms with van der Waals surface area (Å²) in [5, 5.41) is 0. The number of ether oxygens (including phenoxy) is 4. The maximum absolute atomic E-state index is 13.4. The molecule has 1 aliphatic heterocycles. The Bertz CT molecular complexity index is 1210. The molecule has 4 atom stereocenters. The van der Waals surface area contributed by atoms with E-state index in [1.165, 1.54) is 0 Å². The molecular formula is C30H34O6S. The van der Waals surface area contributed by atoms with Gasteiger partial charge in [0.1, 0.15) is 18.3 Å². The van der Waals surface area contributed by atoms with Crippen LogP contribution in [0.25, 0.3) is 0 Å². The van der Waals surface area contributed by atoms with Crippen molar-refractivity contribution in [3.8, 4) is 0 Å². The van der Waals surface area contributed by atoms with Crippen molar-refractivity contribution in [2.45, 2.75) is 50.5 Å². The fourth-order valence-corrected chi connectivity index (χ4v) is 6.12. The lowest BCUT2D eigenvalue weighted by atomic mass is 10.1. The van der Waals surface area contributed by atoms with Crippen LogP contribution in [-0.4, -0.2) is 44.5 Å². The van der Waals surface area contributed by atoms with Gasteiger partial charge in [-0.2, -0.15) is 0 Å². The lowest BCUT2D eigenvalue weighted by molar-refractivity contribution is -0.0896. The van der Waals surface area contributed by atoms with Crippen LogP contribution in [-0.2, 0) is 48.6 Å². The fraction of sp³-hybridized carbons (Fsp3) is 0.333. The Morgan fingerprint density at radius 2 is 1.22 bits per heavy atom. The molecule has 0 aromatic heterocycles. The minimum Gasteiger partial charge on any atom is -0.374 e. The van der Waals surface area contributed by atoms with Gasteiger partial charge >= 0.3 is 0 Å². The van der Waals surface area contributed by atoms with Crippen molar-refractivity contribution in [3.63, 3.8) is 0 Å². The van der Waals surface area contributed by atoms with Gasteiger partial charge in [0.15, 0.2) is 15.3 Å². The summed E-state index contributed by atoms with van der Waals surface area (Å²) >= 11 is 0. The first kappa shape index (κ1) is 27.2. The van der Waals surface area contributed by atoms with Crippen LogP contribution in [0, 0.1) is 0 Å². The first-order valence-electron chi connectivity index (χ1n) is 12.4. The third-order valence-electron chi connectivity index (χ3n) is 6.03. The standard InChI is InChI=1S/C30H34O6S/c1-23(2)22-37(31,32)30-29(35-20-26-16-10-5-11-17-26)28(34-19-25-14-8-4-9-15-25)27(36-30)21-33-18-24-12-6-3-7-13-24/h3-17,27-30H,1,18-22H2,2H3/t27-,28-,29-,30+/m1/s1. The first-order chi connectivity index (χ1) is 17.9. The van der Waals surface area contributed by atoms with Crippen LogP contribution in [0.5, 0.6) is 0 Å². The highest BCUT2D eigenvalue weighted by Gasteiger charge is 2.52. The van der Waals surface area contributed by atoms with Gasteiger partial charge in [-0.15, -0.1) is 0 Å². The molecule has 7 heteroatoms. The van der Waals surface area contributed by atoms with Crippen molar-refractivity contribution in [2.75, 3.05) is 12.4 Å². The van der Waals surface area contributed by atoms with E-state index in [-0.39, 0.29) is 19.0 Å². The second-order valence-electron chi connectivity index (χ2n) is 9.33. The van der Waals surface area contributed by atoms with E-state index >= 15 is 0 Å². The quantitative estimate of drug-likeness (QED) is 0.291. The van der Waals surface area contributed by atoms with Crippen LogP contribution in [0.2, 0.25) is 0 Å². The molecule has 1 saturated heterocycles. The Kier molecular flexibility index (Phi) is 9.66. The van der Waals surface area contributed by atoms with Gasteiger partial charge in [0, 0.05) is 0 Å². The SMILES string of the molecule is C=C(C)CS(=O)(=O)[C@@H]1O[C@H](COCc2ccccc2)[C@@H](OCc2ccccc2)[C@H]1OCc1ccccc1. The second-order valence-corrected chi connectivity index (χ2v) is 11.4. The average Bonchev–Trinajstić information content (AvgIpc) is 3.25. The predicted molar refractivity (Wildman–Crippen MR) is 143 cm³/mol. The number of rotatable bonds is 13. The smallest absolute Gasteiger partial charge is 0.188 e. The summed E-state index contributed by atoms with van der Waals surface area (Å²) in [7, 11) is -3.72. The van der Waals surface area contributed by atoms with E-state index in [4.69, 9.17) is 18.9 Å². The number of benzene rings is 3. The summed E-state index contributed by atoms with van der Waals surface area (Å²) in [4.78, 5) is 0. The molecule has 0 radical (unpaired) electrons. The molecule has 0 aliphatic carbocycles. The number of hydrogen-bond acceptors (Lipinski definition) is 6. The van der Waals surface area contributed by atoms with E-state index in [0.717, 1.165) is 16.7 Å². The van der Waals surface area contributed by atoms with Crippen molar-refractivity contribution >= 4 is 9.84 Å². The molecular weight excluding hydrogens is 488 g/mol. The fourth-order valence-electron chi connectivity index (χ4n) is 4.32. The zero-order chi connectivity index (χ0) is 26.1. The zero-order valence-electron chi connectivity index (χ0n) is 21.1. The van der Waals surface area contributed by atoms with Crippen LogP contribution in [0.3, 0.4) is 0 Å². The largest absolute Gasteiger partial charge is 0.374 e. The van der Waals surface area contributed by atoms with Gasteiger partial charge < -0.3 is 18.9 Å². The Balaban J connectivity index is 1.56. The summed E-state index contributed by atoms with van der Waals surface area (Å²) in [5.41, 5.74) is 2.27. The molecule has 3 aromatic carbocycles. The van der Waals surface area contributed by atoms with E-state index in [1.807, 2.05) is 91.0 Å². The highest BCUT2D eigenvalue weighted by molar-refractivity contribution is 7.92. The summed E-state index contributed by atoms with van der Waals surface area (Å²) in [6.07, 6.45) is -2.11. The third kappa shape index (κ3) is 7.84. The van der Waals surface area contributed by atoms with Gasteiger partial charge in [0.2, 0.25) is 0 Å². The molecule has 3 aromatic rings. The van der Waals surface area contributed by atoms with Crippen LogP contribution in [0.4, 0.5) is 0 Å². The Hall–Kier alpha value is -2.81.